The summed E-state index contributed by atoms with van der Waals surface area (Å²) in [5, 5.41) is 2.82. The van der Waals surface area contributed by atoms with Crippen LogP contribution in [0.4, 0.5) is 5.69 Å². The minimum Gasteiger partial charge on any atom is -0.455 e. The number of rotatable bonds is 1. The monoisotopic (exact) mass is 237 g/mol. The number of benzene rings is 1. The first-order valence-electron chi connectivity index (χ1n) is 4.98. The fraction of sp³-hybridized carbons (Fsp3) is 0.333. The van der Waals surface area contributed by atoms with E-state index in [1.807, 2.05) is 30.3 Å². The van der Waals surface area contributed by atoms with E-state index in [0.717, 1.165) is 5.69 Å². The fourth-order valence-corrected chi connectivity index (χ4v) is 1.19. The van der Waals surface area contributed by atoms with Gasteiger partial charge >= 0.3 is 5.97 Å². The third-order valence-corrected chi connectivity index (χ3v) is 1.88. The van der Waals surface area contributed by atoms with E-state index in [9.17, 15) is 4.79 Å². The number of carbonyl (C=O) groups excluding carboxylic acids is 1. The summed E-state index contributed by atoms with van der Waals surface area (Å²) in [5.74, 6) is -0.508. The number of esters is 1. The minimum atomic E-state index is -0.528. The molecule has 0 heterocycles. The van der Waals surface area contributed by atoms with Crippen molar-refractivity contribution in [2.45, 2.75) is 26.4 Å². The maximum atomic E-state index is 11.5. The minimum absolute atomic E-state index is 0.0705. The normalized spacial score (nSPS) is 10.7. The molecule has 1 N–H and O–H groups in total. The van der Waals surface area contributed by atoms with Crippen molar-refractivity contribution in [1.82, 2.24) is 0 Å². The van der Waals surface area contributed by atoms with E-state index >= 15 is 0 Å². The highest BCUT2D eigenvalue weighted by Crippen LogP contribution is 2.10. The van der Waals surface area contributed by atoms with Gasteiger partial charge in [-0.15, -0.1) is 0 Å². The summed E-state index contributed by atoms with van der Waals surface area (Å²) in [7, 11) is 0. The van der Waals surface area contributed by atoms with E-state index in [4.69, 9.17) is 17.0 Å². The topological polar surface area (TPSA) is 38.3 Å². The quantitative estimate of drug-likeness (QED) is 0.602. The molecule has 0 radical (unpaired) electrons. The Bertz CT molecular complexity index is 382. The third-order valence-electron chi connectivity index (χ3n) is 1.62. The number of hydrogen-bond donors (Lipinski definition) is 1. The standard InChI is InChI=1S/C12H15NO2S/c1-12(2,3)15-11(14)10(16)13-9-7-5-4-6-8-9/h4-8H,1-3H3,(H,13,16). The number of hydrogen-bond acceptors (Lipinski definition) is 3. The Labute approximate surface area is 101 Å². The summed E-state index contributed by atoms with van der Waals surface area (Å²) >= 11 is 4.94. The van der Waals surface area contributed by atoms with Crippen molar-refractivity contribution in [3.05, 3.63) is 30.3 Å². The molecule has 0 unspecified atom stereocenters. The average Bonchev–Trinajstić information content (AvgIpc) is 2.16. The molecule has 0 aromatic heterocycles. The maximum Gasteiger partial charge on any atom is 0.366 e. The highest BCUT2D eigenvalue weighted by atomic mass is 32.1. The van der Waals surface area contributed by atoms with Crippen molar-refractivity contribution in [3.63, 3.8) is 0 Å². The van der Waals surface area contributed by atoms with Crippen LogP contribution in [0.5, 0.6) is 0 Å². The van der Waals surface area contributed by atoms with E-state index in [1.54, 1.807) is 20.8 Å². The Morgan fingerprint density at radius 2 is 1.81 bits per heavy atom. The van der Waals surface area contributed by atoms with E-state index < -0.39 is 11.6 Å². The number of nitrogens with one attached hydrogen (secondary N) is 1. The van der Waals surface area contributed by atoms with Crippen molar-refractivity contribution in [3.8, 4) is 0 Å². The van der Waals surface area contributed by atoms with Gasteiger partial charge in [-0.2, -0.15) is 0 Å². The van der Waals surface area contributed by atoms with Gasteiger partial charge in [-0.05, 0) is 32.9 Å². The molecule has 86 valence electrons. The predicted octanol–water partition coefficient (Wildman–Crippen LogP) is 2.77. The molecule has 0 aliphatic carbocycles. The second kappa shape index (κ2) is 5.07. The van der Waals surface area contributed by atoms with Crippen LogP contribution >= 0.6 is 12.2 Å². The lowest BCUT2D eigenvalue weighted by atomic mass is 10.2. The number of carbonyl (C=O) groups is 1. The van der Waals surface area contributed by atoms with Crippen LogP contribution in [-0.2, 0) is 9.53 Å². The molecule has 3 nitrogen and oxygen atoms in total. The summed E-state index contributed by atoms with van der Waals surface area (Å²) in [6, 6.07) is 9.27. The molecular weight excluding hydrogens is 222 g/mol. The van der Waals surface area contributed by atoms with Crippen molar-refractivity contribution in [2.24, 2.45) is 0 Å². The third kappa shape index (κ3) is 4.40. The van der Waals surface area contributed by atoms with E-state index in [-0.39, 0.29) is 4.99 Å². The highest BCUT2D eigenvalue weighted by Gasteiger charge is 2.19. The molecule has 0 bridgehead atoms. The second-order valence-electron chi connectivity index (χ2n) is 4.32. The molecule has 0 fully saturated rings. The molecule has 1 aromatic rings. The van der Waals surface area contributed by atoms with Crippen molar-refractivity contribution in [1.29, 1.82) is 0 Å². The molecule has 4 heteroatoms. The number of ether oxygens (including phenoxy) is 1. The first-order valence-corrected chi connectivity index (χ1v) is 5.39. The van der Waals surface area contributed by atoms with Crippen molar-refractivity contribution < 1.29 is 9.53 Å². The Morgan fingerprint density at radius 3 is 2.31 bits per heavy atom. The molecule has 0 spiro atoms. The highest BCUT2D eigenvalue weighted by molar-refractivity contribution is 7.82. The molecule has 0 amide bonds. The van der Waals surface area contributed by atoms with Crippen LogP contribution in [0.2, 0.25) is 0 Å². The Balaban J connectivity index is 2.57. The fourth-order valence-electron chi connectivity index (χ4n) is 1.03. The van der Waals surface area contributed by atoms with E-state index in [1.165, 1.54) is 0 Å². The van der Waals surface area contributed by atoms with E-state index in [0.29, 0.717) is 0 Å². The average molecular weight is 237 g/mol. The molecular formula is C12H15NO2S. The molecule has 1 rings (SSSR count). The second-order valence-corrected chi connectivity index (χ2v) is 4.73. The van der Waals surface area contributed by atoms with Crippen LogP contribution in [0, 0.1) is 0 Å². The van der Waals surface area contributed by atoms with Crippen LogP contribution in [0.3, 0.4) is 0 Å². The van der Waals surface area contributed by atoms with Gasteiger partial charge in [0.2, 0.25) is 0 Å². The molecule has 0 saturated heterocycles. The number of thiocarbonyl (C=S) groups is 1. The van der Waals surface area contributed by atoms with Gasteiger partial charge in [0.1, 0.15) is 5.60 Å². The Hall–Kier alpha value is -1.42. The van der Waals surface area contributed by atoms with Crippen LogP contribution in [0.15, 0.2) is 30.3 Å². The van der Waals surface area contributed by atoms with Crippen molar-refractivity contribution >= 4 is 28.9 Å². The van der Waals surface area contributed by atoms with Crippen LogP contribution in [-0.4, -0.2) is 16.6 Å². The zero-order valence-corrected chi connectivity index (χ0v) is 10.4. The molecule has 0 atom stereocenters. The van der Waals surface area contributed by atoms with Crippen molar-refractivity contribution in [2.75, 3.05) is 5.32 Å². The summed E-state index contributed by atoms with van der Waals surface area (Å²) in [6.45, 7) is 5.40. The van der Waals surface area contributed by atoms with Crippen LogP contribution in [0.1, 0.15) is 20.8 Å². The molecule has 0 aliphatic rings. The SMILES string of the molecule is CC(C)(C)OC(=O)C(=S)Nc1ccccc1. The summed E-state index contributed by atoms with van der Waals surface area (Å²) in [6.07, 6.45) is 0. The summed E-state index contributed by atoms with van der Waals surface area (Å²) < 4.78 is 5.13. The molecule has 0 aliphatic heterocycles. The van der Waals surface area contributed by atoms with Crippen LogP contribution < -0.4 is 5.32 Å². The molecule has 0 saturated carbocycles. The maximum absolute atomic E-state index is 11.5. The van der Waals surface area contributed by atoms with Crippen LogP contribution in [0.25, 0.3) is 0 Å². The van der Waals surface area contributed by atoms with Gasteiger partial charge in [-0.3, -0.25) is 0 Å². The van der Waals surface area contributed by atoms with Gasteiger partial charge in [0.05, 0.1) is 0 Å². The predicted molar refractivity (Wildman–Crippen MR) is 68.5 cm³/mol. The van der Waals surface area contributed by atoms with Gasteiger partial charge in [0, 0.05) is 5.69 Å². The smallest absolute Gasteiger partial charge is 0.366 e. The Kier molecular flexibility index (Phi) is 4.01. The van der Waals surface area contributed by atoms with Gasteiger partial charge in [0.15, 0.2) is 4.99 Å². The summed E-state index contributed by atoms with van der Waals surface area (Å²) in [4.78, 5) is 11.6. The summed E-state index contributed by atoms with van der Waals surface area (Å²) in [5.41, 5.74) is 0.248. The zero-order valence-electron chi connectivity index (χ0n) is 9.61. The first kappa shape index (κ1) is 12.6. The lowest BCUT2D eigenvalue weighted by Crippen LogP contribution is -2.31. The lowest BCUT2D eigenvalue weighted by molar-refractivity contribution is -0.145. The van der Waals surface area contributed by atoms with Gasteiger partial charge in [0.25, 0.3) is 0 Å². The largest absolute Gasteiger partial charge is 0.455 e. The van der Waals surface area contributed by atoms with E-state index in [2.05, 4.69) is 5.32 Å². The van der Waals surface area contributed by atoms with Gasteiger partial charge in [-0.25, -0.2) is 4.79 Å². The molecule has 1 aromatic carbocycles. The Morgan fingerprint density at radius 1 is 1.25 bits per heavy atom. The number of para-hydroxylation sites is 1. The van der Waals surface area contributed by atoms with Gasteiger partial charge in [-0.1, -0.05) is 30.4 Å². The zero-order chi connectivity index (χ0) is 12.2. The number of anilines is 1. The van der Waals surface area contributed by atoms with Gasteiger partial charge < -0.3 is 10.1 Å². The first-order chi connectivity index (χ1) is 7.38. The lowest BCUT2D eigenvalue weighted by Gasteiger charge is -2.19. The molecule has 16 heavy (non-hydrogen) atoms.